The van der Waals surface area contributed by atoms with E-state index in [1.807, 2.05) is 0 Å². The van der Waals surface area contributed by atoms with E-state index in [1.54, 1.807) is 11.0 Å². The van der Waals surface area contributed by atoms with Crippen molar-refractivity contribution in [3.63, 3.8) is 0 Å². The molecule has 4 rings (SSSR count). The van der Waals surface area contributed by atoms with Crippen molar-refractivity contribution in [2.24, 2.45) is 0 Å². The Morgan fingerprint density at radius 1 is 1.04 bits per heavy atom. The molecule has 0 saturated carbocycles. The highest BCUT2D eigenvalue weighted by Crippen LogP contribution is 2.31. The predicted octanol–water partition coefficient (Wildman–Crippen LogP) is 3.53. The van der Waals surface area contributed by atoms with Crippen LogP contribution in [0, 0.1) is 11.6 Å². The van der Waals surface area contributed by atoms with Crippen LogP contribution in [0.4, 0.5) is 23.4 Å². The third-order valence-electron chi connectivity index (χ3n) is 4.26. The molecule has 1 aliphatic heterocycles. The summed E-state index contributed by atoms with van der Waals surface area (Å²) in [4.78, 5) is 8.86. The molecule has 130 valence electrons. The minimum atomic E-state index is -2.64. The Morgan fingerprint density at radius 2 is 1.76 bits per heavy atom. The van der Waals surface area contributed by atoms with E-state index < -0.39 is 17.6 Å². The normalized spacial score (nSPS) is 17.2. The summed E-state index contributed by atoms with van der Waals surface area (Å²) in [6.45, 7) is 0.364. The lowest BCUT2D eigenvalue weighted by molar-refractivity contribution is -0.0221. The Labute approximate surface area is 139 Å². The van der Waals surface area contributed by atoms with Gasteiger partial charge in [-0.15, -0.1) is 5.10 Å². The Kier molecular flexibility index (Phi) is 3.59. The second kappa shape index (κ2) is 5.68. The highest BCUT2D eigenvalue weighted by Gasteiger charge is 2.34. The Morgan fingerprint density at radius 3 is 2.52 bits per heavy atom. The smallest absolute Gasteiger partial charge is 0.251 e. The van der Waals surface area contributed by atoms with Crippen LogP contribution in [-0.4, -0.2) is 39.2 Å². The van der Waals surface area contributed by atoms with Crippen LogP contribution in [0.1, 0.15) is 12.8 Å². The van der Waals surface area contributed by atoms with Crippen molar-refractivity contribution in [2.75, 3.05) is 18.0 Å². The van der Waals surface area contributed by atoms with E-state index in [-0.39, 0.29) is 31.4 Å². The standard InChI is InChI=1S/C16H13F4N5/c17-10-6-12-13(7-11(10)18)23-15(22-12)9-5-14(24-21-8-9)25-3-1-16(19,20)2-4-25/h5-8H,1-4H2,(H,22,23). The second-order valence-corrected chi connectivity index (χ2v) is 6.01. The van der Waals surface area contributed by atoms with Gasteiger partial charge in [0.15, 0.2) is 17.5 Å². The number of rotatable bonds is 2. The van der Waals surface area contributed by atoms with Crippen LogP contribution >= 0.6 is 0 Å². The third kappa shape index (κ3) is 3.01. The second-order valence-electron chi connectivity index (χ2n) is 6.01. The average molecular weight is 351 g/mol. The lowest BCUT2D eigenvalue weighted by atomic mass is 10.1. The summed E-state index contributed by atoms with van der Waals surface area (Å²) < 4.78 is 53.2. The maximum Gasteiger partial charge on any atom is 0.251 e. The van der Waals surface area contributed by atoms with Gasteiger partial charge in [-0.1, -0.05) is 0 Å². The van der Waals surface area contributed by atoms with Gasteiger partial charge in [-0.05, 0) is 6.07 Å². The summed E-state index contributed by atoms with van der Waals surface area (Å²) in [5.41, 5.74) is 1.19. The van der Waals surface area contributed by atoms with Gasteiger partial charge in [-0.25, -0.2) is 22.5 Å². The van der Waals surface area contributed by atoms with Crippen LogP contribution in [0.3, 0.4) is 0 Å². The van der Waals surface area contributed by atoms with Crippen molar-refractivity contribution in [3.05, 3.63) is 36.0 Å². The first kappa shape index (κ1) is 15.8. The molecule has 0 unspecified atom stereocenters. The molecule has 0 atom stereocenters. The zero-order valence-electron chi connectivity index (χ0n) is 12.9. The Balaban J connectivity index is 1.65. The third-order valence-corrected chi connectivity index (χ3v) is 4.26. The van der Waals surface area contributed by atoms with Crippen LogP contribution in [0.2, 0.25) is 0 Å². The number of piperidine rings is 1. The molecule has 3 heterocycles. The lowest BCUT2D eigenvalue weighted by Crippen LogP contribution is -2.39. The Hall–Kier alpha value is -2.71. The van der Waals surface area contributed by atoms with Crippen molar-refractivity contribution in [1.29, 1.82) is 0 Å². The van der Waals surface area contributed by atoms with Gasteiger partial charge in [0.2, 0.25) is 0 Å². The number of nitrogens with zero attached hydrogens (tertiary/aromatic N) is 4. The van der Waals surface area contributed by atoms with E-state index in [0.29, 0.717) is 22.7 Å². The Bertz CT molecular complexity index is 890. The number of imidazole rings is 1. The van der Waals surface area contributed by atoms with E-state index in [9.17, 15) is 17.6 Å². The first-order valence-electron chi connectivity index (χ1n) is 7.72. The molecule has 1 aromatic carbocycles. The van der Waals surface area contributed by atoms with Gasteiger partial charge >= 0.3 is 0 Å². The molecule has 0 aliphatic carbocycles. The number of alkyl halides is 2. The molecule has 1 fully saturated rings. The summed E-state index contributed by atoms with van der Waals surface area (Å²) in [5, 5.41) is 7.88. The zero-order chi connectivity index (χ0) is 17.6. The highest BCUT2D eigenvalue weighted by atomic mass is 19.3. The number of anilines is 1. The van der Waals surface area contributed by atoms with Crippen molar-refractivity contribution in [1.82, 2.24) is 20.2 Å². The van der Waals surface area contributed by atoms with Gasteiger partial charge in [0, 0.05) is 43.6 Å². The highest BCUT2D eigenvalue weighted by molar-refractivity contribution is 5.79. The fraction of sp³-hybridized carbons (Fsp3) is 0.312. The van der Waals surface area contributed by atoms with E-state index in [4.69, 9.17) is 0 Å². The van der Waals surface area contributed by atoms with E-state index in [2.05, 4.69) is 20.2 Å². The summed E-state index contributed by atoms with van der Waals surface area (Å²) in [7, 11) is 0. The molecule has 25 heavy (non-hydrogen) atoms. The molecule has 5 nitrogen and oxygen atoms in total. The SMILES string of the molecule is Fc1cc2nc(-c3cnnc(N4CCC(F)(F)CC4)c3)[nH]c2cc1F. The molecule has 1 N–H and O–H groups in total. The number of H-pyrrole nitrogens is 1. The van der Waals surface area contributed by atoms with Gasteiger partial charge in [0.1, 0.15) is 5.82 Å². The van der Waals surface area contributed by atoms with Crippen molar-refractivity contribution < 1.29 is 17.6 Å². The lowest BCUT2D eigenvalue weighted by Gasteiger charge is -2.32. The monoisotopic (exact) mass is 351 g/mol. The number of aromatic nitrogens is 4. The summed E-state index contributed by atoms with van der Waals surface area (Å²) in [6, 6.07) is 3.71. The fourth-order valence-corrected chi connectivity index (χ4v) is 2.84. The summed E-state index contributed by atoms with van der Waals surface area (Å²) in [6.07, 6.45) is 0.983. The molecule has 0 spiro atoms. The first-order chi connectivity index (χ1) is 11.9. The van der Waals surface area contributed by atoms with E-state index in [0.717, 1.165) is 12.1 Å². The quantitative estimate of drug-likeness (QED) is 0.718. The first-order valence-corrected chi connectivity index (χ1v) is 7.72. The molecule has 0 radical (unpaired) electrons. The van der Waals surface area contributed by atoms with Gasteiger partial charge in [0.05, 0.1) is 17.2 Å². The number of benzene rings is 1. The molecule has 9 heteroatoms. The number of aromatic amines is 1. The number of hydrogen-bond acceptors (Lipinski definition) is 4. The summed E-state index contributed by atoms with van der Waals surface area (Å²) >= 11 is 0. The average Bonchev–Trinajstić information content (AvgIpc) is 2.98. The summed E-state index contributed by atoms with van der Waals surface area (Å²) in [5.74, 6) is -3.75. The molecular formula is C16H13F4N5. The molecule has 0 amide bonds. The zero-order valence-corrected chi connectivity index (χ0v) is 12.9. The van der Waals surface area contributed by atoms with Crippen molar-refractivity contribution in [3.8, 4) is 11.4 Å². The minimum Gasteiger partial charge on any atom is -0.355 e. The number of nitrogens with one attached hydrogen (secondary N) is 1. The molecule has 1 aliphatic rings. The largest absolute Gasteiger partial charge is 0.355 e. The maximum atomic E-state index is 13.3. The fourth-order valence-electron chi connectivity index (χ4n) is 2.84. The van der Waals surface area contributed by atoms with Crippen LogP contribution in [0.5, 0.6) is 0 Å². The number of hydrogen-bond donors (Lipinski definition) is 1. The molecule has 0 bridgehead atoms. The number of halogens is 4. The molecule has 1 saturated heterocycles. The predicted molar refractivity (Wildman–Crippen MR) is 83.4 cm³/mol. The maximum absolute atomic E-state index is 13.3. The van der Waals surface area contributed by atoms with E-state index in [1.165, 1.54) is 6.20 Å². The topological polar surface area (TPSA) is 57.7 Å². The minimum absolute atomic E-state index is 0.182. The van der Waals surface area contributed by atoms with Gasteiger partial charge in [-0.3, -0.25) is 0 Å². The van der Waals surface area contributed by atoms with Crippen molar-refractivity contribution >= 4 is 16.9 Å². The van der Waals surface area contributed by atoms with Gasteiger partial charge < -0.3 is 9.88 Å². The van der Waals surface area contributed by atoms with Gasteiger partial charge in [-0.2, -0.15) is 5.10 Å². The van der Waals surface area contributed by atoms with Crippen LogP contribution in [-0.2, 0) is 0 Å². The van der Waals surface area contributed by atoms with Crippen LogP contribution in [0.15, 0.2) is 24.4 Å². The van der Waals surface area contributed by atoms with Crippen LogP contribution < -0.4 is 4.90 Å². The van der Waals surface area contributed by atoms with Gasteiger partial charge in [0.25, 0.3) is 5.92 Å². The van der Waals surface area contributed by atoms with Crippen molar-refractivity contribution in [2.45, 2.75) is 18.8 Å². The van der Waals surface area contributed by atoms with E-state index >= 15 is 0 Å². The molecule has 3 aromatic rings. The number of fused-ring (bicyclic) bond motifs is 1. The molecule has 2 aromatic heterocycles. The van der Waals surface area contributed by atoms with Crippen LogP contribution in [0.25, 0.3) is 22.4 Å². The molecular weight excluding hydrogens is 338 g/mol.